The van der Waals surface area contributed by atoms with E-state index in [-0.39, 0.29) is 32.6 Å². The summed E-state index contributed by atoms with van der Waals surface area (Å²) < 4.78 is 15.5. The molecule has 2 aromatic heterocycles. The minimum atomic E-state index is -0.559. The van der Waals surface area contributed by atoms with Crippen molar-refractivity contribution >= 4 is 28.8 Å². The van der Waals surface area contributed by atoms with E-state index in [2.05, 4.69) is 9.97 Å². The molecule has 2 heterocycles. The van der Waals surface area contributed by atoms with Crippen LogP contribution in [0.25, 0.3) is 16.9 Å². The van der Waals surface area contributed by atoms with Crippen molar-refractivity contribution in [2.45, 2.75) is 13.8 Å². The third kappa shape index (κ3) is 2.36. The van der Waals surface area contributed by atoms with E-state index in [9.17, 15) is 9.18 Å². The second kappa shape index (κ2) is 5.34. The van der Waals surface area contributed by atoms with Gasteiger partial charge in [0.2, 0.25) is 0 Å². The molecule has 0 spiro atoms. The van der Waals surface area contributed by atoms with Gasteiger partial charge >= 0.3 is 0 Å². The van der Waals surface area contributed by atoms with E-state index < -0.39 is 5.82 Å². The normalized spacial score (nSPS) is 11.1. The fourth-order valence-electron chi connectivity index (χ4n) is 2.17. The number of benzene rings is 1. The SMILES string of the molecule is Cc1nc2c(-c3ccc(Cl)cc3F)nc(Cl)cn2c(=O)c1C. The minimum Gasteiger partial charge on any atom is -0.269 e. The molecule has 0 unspecified atom stereocenters. The highest BCUT2D eigenvalue weighted by atomic mass is 35.5. The molecular formula is C15H10Cl2FN3O. The summed E-state index contributed by atoms with van der Waals surface area (Å²) in [7, 11) is 0. The van der Waals surface area contributed by atoms with Crippen molar-refractivity contribution in [2.24, 2.45) is 0 Å². The Kier molecular flexibility index (Phi) is 3.62. The molecular weight excluding hydrogens is 328 g/mol. The van der Waals surface area contributed by atoms with Crippen LogP contribution in [-0.2, 0) is 0 Å². The van der Waals surface area contributed by atoms with E-state index in [1.807, 2.05) is 0 Å². The van der Waals surface area contributed by atoms with Gasteiger partial charge in [-0.1, -0.05) is 23.2 Å². The van der Waals surface area contributed by atoms with Gasteiger partial charge in [-0.2, -0.15) is 0 Å². The van der Waals surface area contributed by atoms with Crippen molar-refractivity contribution in [3.05, 3.63) is 62.0 Å². The summed E-state index contributed by atoms with van der Waals surface area (Å²) in [5.74, 6) is -0.559. The van der Waals surface area contributed by atoms with Crippen LogP contribution < -0.4 is 5.56 Å². The van der Waals surface area contributed by atoms with Gasteiger partial charge in [0.1, 0.15) is 16.7 Å². The van der Waals surface area contributed by atoms with E-state index in [4.69, 9.17) is 23.2 Å². The first kappa shape index (κ1) is 14.9. The van der Waals surface area contributed by atoms with Gasteiger partial charge in [-0.25, -0.2) is 14.4 Å². The first-order chi connectivity index (χ1) is 10.4. The highest BCUT2D eigenvalue weighted by molar-refractivity contribution is 6.30. The zero-order valence-corrected chi connectivity index (χ0v) is 13.2. The lowest BCUT2D eigenvalue weighted by Gasteiger charge is -2.10. The molecule has 22 heavy (non-hydrogen) atoms. The molecule has 7 heteroatoms. The van der Waals surface area contributed by atoms with Crippen molar-refractivity contribution in [3.63, 3.8) is 0 Å². The number of rotatable bonds is 1. The van der Waals surface area contributed by atoms with Crippen molar-refractivity contribution < 1.29 is 4.39 Å². The first-order valence-electron chi connectivity index (χ1n) is 6.40. The number of nitrogens with zero attached hydrogens (tertiary/aromatic N) is 3. The summed E-state index contributed by atoms with van der Waals surface area (Å²) in [6, 6.07) is 4.20. The van der Waals surface area contributed by atoms with Gasteiger partial charge in [-0.15, -0.1) is 0 Å². The fourth-order valence-corrected chi connectivity index (χ4v) is 2.51. The quantitative estimate of drug-likeness (QED) is 0.678. The van der Waals surface area contributed by atoms with Gasteiger partial charge in [-0.05, 0) is 32.0 Å². The second-order valence-electron chi connectivity index (χ2n) is 4.86. The van der Waals surface area contributed by atoms with Gasteiger partial charge in [0, 0.05) is 21.8 Å². The Bertz CT molecular complexity index is 969. The topological polar surface area (TPSA) is 47.3 Å². The average Bonchev–Trinajstić information content (AvgIpc) is 2.46. The molecule has 0 aliphatic heterocycles. The van der Waals surface area contributed by atoms with Gasteiger partial charge in [-0.3, -0.25) is 9.20 Å². The van der Waals surface area contributed by atoms with Gasteiger partial charge < -0.3 is 0 Å². The lowest BCUT2D eigenvalue weighted by atomic mass is 10.1. The lowest BCUT2D eigenvalue weighted by molar-refractivity contribution is 0.630. The van der Waals surface area contributed by atoms with E-state index >= 15 is 0 Å². The average molecular weight is 338 g/mol. The molecule has 0 amide bonds. The van der Waals surface area contributed by atoms with Crippen LogP contribution in [0.1, 0.15) is 11.3 Å². The Hall–Kier alpha value is -1.98. The Morgan fingerprint density at radius 3 is 2.59 bits per heavy atom. The van der Waals surface area contributed by atoms with E-state index in [0.29, 0.717) is 11.3 Å². The van der Waals surface area contributed by atoms with Crippen LogP contribution in [0.15, 0.2) is 29.2 Å². The zero-order valence-electron chi connectivity index (χ0n) is 11.7. The smallest absolute Gasteiger partial charge is 0.261 e. The van der Waals surface area contributed by atoms with E-state index in [1.165, 1.54) is 28.8 Å². The maximum Gasteiger partial charge on any atom is 0.261 e. The molecule has 0 saturated heterocycles. The van der Waals surface area contributed by atoms with E-state index in [0.717, 1.165) is 0 Å². The summed E-state index contributed by atoms with van der Waals surface area (Å²) in [5.41, 5.74) is 1.43. The van der Waals surface area contributed by atoms with Crippen molar-refractivity contribution in [1.29, 1.82) is 0 Å². The molecule has 0 radical (unpaired) electrons. The number of fused-ring (bicyclic) bond motifs is 1. The number of halogens is 3. The fraction of sp³-hybridized carbons (Fsp3) is 0.133. The van der Waals surface area contributed by atoms with Crippen molar-refractivity contribution in [3.8, 4) is 11.3 Å². The minimum absolute atomic E-state index is 0.0732. The molecule has 0 aliphatic rings. The monoisotopic (exact) mass is 337 g/mol. The Morgan fingerprint density at radius 2 is 1.91 bits per heavy atom. The maximum atomic E-state index is 14.2. The lowest BCUT2D eigenvalue weighted by Crippen LogP contribution is -2.20. The molecule has 0 fully saturated rings. The van der Waals surface area contributed by atoms with Crippen molar-refractivity contribution in [1.82, 2.24) is 14.4 Å². The van der Waals surface area contributed by atoms with Crippen LogP contribution in [0.2, 0.25) is 10.2 Å². The van der Waals surface area contributed by atoms with Crippen LogP contribution in [0.3, 0.4) is 0 Å². The van der Waals surface area contributed by atoms with E-state index in [1.54, 1.807) is 13.8 Å². The summed E-state index contributed by atoms with van der Waals surface area (Å²) in [6.45, 7) is 3.39. The molecule has 4 nitrogen and oxygen atoms in total. The first-order valence-corrected chi connectivity index (χ1v) is 7.15. The summed E-state index contributed by atoms with van der Waals surface area (Å²) in [5, 5.41) is 0.341. The molecule has 3 rings (SSSR count). The molecule has 0 aliphatic carbocycles. The highest BCUT2D eigenvalue weighted by Gasteiger charge is 2.16. The molecule has 0 bridgehead atoms. The molecule has 0 saturated carbocycles. The summed E-state index contributed by atoms with van der Waals surface area (Å²) in [6.07, 6.45) is 1.37. The number of aryl methyl sites for hydroxylation is 1. The Labute approximate surface area is 135 Å². The molecule has 1 aromatic carbocycles. The summed E-state index contributed by atoms with van der Waals surface area (Å²) in [4.78, 5) is 20.8. The number of aromatic nitrogens is 3. The number of hydrogen-bond acceptors (Lipinski definition) is 3. The van der Waals surface area contributed by atoms with Gasteiger partial charge in [0.25, 0.3) is 5.56 Å². The largest absolute Gasteiger partial charge is 0.269 e. The number of hydrogen-bond donors (Lipinski definition) is 0. The third-order valence-electron chi connectivity index (χ3n) is 3.44. The maximum absolute atomic E-state index is 14.2. The standard InChI is InChI=1S/C15H10Cl2FN3O/c1-7-8(2)19-14-13(10-4-3-9(16)5-11(10)18)20-12(17)6-21(14)15(7)22/h3-6H,1-2H3. The predicted molar refractivity (Wildman–Crippen MR) is 84.1 cm³/mol. The summed E-state index contributed by atoms with van der Waals surface area (Å²) >= 11 is 11.7. The highest BCUT2D eigenvalue weighted by Crippen LogP contribution is 2.27. The third-order valence-corrected chi connectivity index (χ3v) is 3.85. The molecule has 0 atom stereocenters. The molecule has 112 valence electrons. The second-order valence-corrected chi connectivity index (χ2v) is 5.68. The Morgan fingerprint density at radius 1 is 1.18 bits per heavy atom. The molecule has 3 aromatic rings. The van der Waals surface area contributed by atoms with Crippen LogP contribution in [0.5, 0.6) is 0 Å². The Balaban J connectivity index is 2.46. The van der Waals surface area contributed by atoms with Gasteiger partial charge in [0.05, 0.1) is 6.20 Å². The predicted octanol–water partition coefficient (Wildman–Crippen LogP) is 3.82. The van der Waals surface area contributed by atoms with Crippen LogP contribution >= 0.6 is 23.2 Å². The van der Waals surface area contributed by atoms with Crippen LogP contribution in [0.4, 0.5) is 4.39 Å². The van der Waals surface area contributed by atoms with Crippen molar-refractivity contribution in [2.75, 3.05) is 0 Å². The van der Waals surface area contributed by atoms with Gasteiger partial charge in [0.15, 0.2) is 5.65 Å². The van der Waals surface area contributed by atoms with Crippen LogP contribution in [0, 0.1) is 19.7 Å². The van der Waals surface area contributed by atoms with Crippen LogP contribution in [-0.4, -0.2) is 14.4 Å². The molecule has 0 N–H and O–H groups in total. The zero-order chi connectivity index (χ0) is 16.0.